The van der Waals surface area contributed by atoms with E-state index in [1.54, 1.807) is 13.1 Å². The molecule has 0 aliphatic carbocycles. The number of aromatic nitrogens is 1. The predicted octanol–water partition coefficient (Wildman–Crippen LogP) is 1.88. The first kappa shape index (κ1) is 12.5. The highest BCUT2D eigenvalue weighted by Gasteiger charge is 2.14. The molecule has 0 N–H and O–H groups in total. The van der Waals surface area contributed by atoms with Crippen LogP contribution in [0.5, 0.6) is 0 Å². The van der Waals surface area contributed by atoms with E-state index in [4.69, 9.17) is 0 Å². The minimum atomic E-state index is 0.0988. The van der Waals surface area contributed by atoms with Gasteiger partial charge >= 0.3 is 0 Å². The molecule has 1 aliphatic rings. The number of carbonyl (C=O) groups is 1. The van der Waals surface area contributed by atoms with Crippen LogP contribution in [0.15, 0.2) is 6.20 Å². The minimum absolute atomic E-state index is 0.0988. The van der Waals surface area contributed by atoms with Gasteiger partial charge in [-0.25, -0.2) is 4.98 Å². The van der Waals surface area contributed by atoms with Crippen molar-refractivity contribution in [2.75, 3.05) is 38.1 Å². The summed E-state index contributed by atoms with van der Waals surface area (Å²) in [6, 6.07) is 0. The fourth-order valence-corrected chi connectivity index (χ4v) is 2.80. The smallest absolute Gasteiger partial charge is 0.185 e. The normalized spacial score (nSPS) is 16.4. The number of rotatable bonds is 5. The van der Waals surface area contributed by atoms with Crippen LogP contribution in [0.25, 0.3) is 0 Å². The number of ketones is 1. The molecular weight excluding hydrogens is 234 g/mol. The van der Waals surface area contributed by atoms with Crippen molar-refractivity contribution in [3.63, 3.8) is 0 Å². The van der Waals surface area contributed by atoms with Gasteiger partial charge in [0.05, 0.1) is 11.1 Å². The molecule has 5 heteroatoms. The molecule has 94 valence electrons. The van der Waals surface area contributed by atoms with Crippen LogP contribution in [0.3, 0.4) is 0 Å². The Kier molecular flexibility index (Phi) is 4.12. The molecule has 2 heterocycles. The zero-order valence-corrected chi connectivity index (χ0v) is 11.3. The van der Waals surface area contributed by atoms with Crippen LogP contribution in [-0.2, 0) is 0 Å². The Morgan fingerprint density at radius 1 is 1.53 bits per heavy atom. The van der Waals surface area contributed by atoms with Gasteiger partial charge in [-0.1, -0.05) is 11.3 Å². The Balaban J connectivity index is 1.85. The highest BCUT2D eigenvalue weighted by Crippen LogP contribution is 2.21. The first-order valence-electron chi connectivity index (χ1n) is 6.07. The van der Waals surface area contributed by atoms with Crippen molar-refractivity contribution in [3.8, 4) is 0 Å². The summed E-state index contributed by atoms with van der Waals surface area (Å²) in [5, 5.41) is 0.939. The molecule has 1 fully saturated rings. The van der Waals surface area contributed by atoms with E-state index in [1.165, 1.54) is 37.3 Å². The molecule has 0 radical (unpaired) electrons. The van der Waals surface area contributed by atoms with Gasteiger partial charge in [0.1, 0.15) is 0 Å². The molecule has 1 aliphatic heterocycles. The van der Waals surface area contributed by atoms with Gasteiger partial charge < -0.3 is 9.80 Å². The van der Waals surface area contributed by atoms with Crippen LogP contribution >= 0.6 is 11.3 Å². The summed E-state index contributed by atoms with van der Waals surface area (Å²) in [5.41, 5.74) is 0. The number of likely N-dealkylation sites (tertiary alicyclic amines) is 1. The van der Waals surface area contributed by atoms with Crippen LogP contribution in [0.1, 0.15) is 29.4 Å². The summed E-state index contributed by atoms with van der Waals surface area (Å²) < 4.78 is 0. The number of likely N-dealkylation sites (N-methyl/N-ethyl adjacent to an activating group) is 1. The molecule has 1 aromatic rings. The van der Waals surface area contributed by atoms with E-state index >= 15 is 0 Å². The first-order valence-corrected chi connectivity index (χ1v) is 6.89. The average molecular weight is 253 g/mol. The van der Waals surface area contributed by atoms with E-state index in [-0.39, 0.29) is 5.78 Å². The fraction of sp³-hybridized carbons (Fsp3) is 0.667. The number of carbonyl (C=O) groups excluding carboxylic acids is 1. The second-order valence-electron chi connectivity index (χ2n) is 4.53. The average Bonchev–Trinajstić information content (AvgIpc) is 2.96. The minimum Gasteiger partial charge on any atom is -0.350 e. The van der Waals surface area contributed by atoms with Crippen LogP contribution in [0.4, 0.5) is 5.13 Å². The predicted molar refractivity (Wildman–Crippen MR) is 71.1 cm³/mol. The largest absolute Gasteiger partial charge is 0.350 e. The van der Waals surface area contributed by atoms with E-state index in [2.05, 4.69) is 14.8 Å². The van der Waals surface area contributed by atoms with E-state index < -0.39 is 0 Å². The molecule has 2 rings (SSSR count). The summed E-state index contributed by atoms with van der Waals surface area (Å²) in [4.78, 5) is 20.8. The molecule has 0 unspecified atom stereocenters. The quantitative estimate of drug-likeness (QED) is 0.751. The maximum atomic E-state index is 11.2. The van der Waals surface area contributed by atoms with Gasteiger partial charge in [-0.15, -0.1) is 0 Å². The molecule has 0 saturated carbocycles. The van der Waals surface area contributed by atoms with E-state index in [0.29, 0.717) is 0 Å². The number of Topliss-reactive ketones (excluding diaryl/α,β-unsaturated/α-hetero) is 1. The van der Waals surface area contributed by atoms with Gasteiger partial charge in [-0.05, 0) is 25.9 Å². The van der Waals surface area contributed by atoms with Gasteiger partial charge in [-0.3, -0.25) is 4.79 Å². The summed E-state index contributed by atoms with van der Waals surface area (Å²) >= 11 is 1.48. The van der Waals surface area contributed by atoms with Gasteiger partial charge in [0.15, 0.2) is 10.9 Å². The van der Waals surface area contributed by atoms with Crippen LogP contribution in [0.2, 0.25) is 0 Å². The fourth-order valence-electron chi connectivity index (χ4n) is 2.00. The summed E-state index contributed by atoms with van der Waals surface area (Å²) in [7, 11) is 2.04. The summed E-state index contributed by atoms with van der Waals surface area (Å²) in [5.74, 6) is 0.0988. The van der Waals surface area contributed by atoms with Crippen LogP contribution in [0, 0.1) is 0 Å². The third-order valence-corrected chi connectivity index (χ3v) is 4.33. The number of hydrogen-bond donors (Lipinski definition) is 0. The van der Waals surface area contributed by atoms with Crippen molar-refractivity contribution in [1.29, 1.82) is 0 Å². The van der Waals surface area contributed by atoms with Crippen LogP contribution < -0.4 is 4.90 Å². The Bertz CT molecular complexity index is 385. The second-order valence-corrected chi connectivity index (χ2v) is 5.54. The molecule has 17 heavy (non-hydrogen) atoms. The number of anilines is 1. The Labute approximate surface area is 106 Å². The Morgan fingerprint density at radius 3 is 2.82 bits per heavy atom. The third-order valence-electron chi connectivity index (χ3n) is 3.12. The summed E-state index contributed by atoms with van der Waals surface area (Å²) in [6.07, 6.45) is 4.33. The van der Waals surface area contributed by atoms with Crippen molar-refractivity contribution in [2.24, 2.45) is 0 Å². The van der Waals surface area contributed by atoms with Crippen molar-refractivity contribution >= 4 is 22.3 Å². The number of thiazole rings is 1. The molecule has 0 bridgehead atoms. The van der Waals surface area contributed by atoms with Crippen molar-refractivity contribution in [1.82, 2.24) is 9.88 Å². The lowest BCUT2D eigenvalue weighted by atomic mass is 10.4. The van der Waals surface area contributed by atoms with E-state index in [9.17, 15) is 4.79 Å². The van der Waals surface area contributed by atoms with Crippen molar-refractivity contribution in [3.05, 3.63) is 11.1 Å². The molecule has 4 nitrogen and oxygen atoms in total. The molecule has 0 amide bonds. The highest BCUT2D eigenvalue weighted by atomic mass is 32.1. The Morgan fingerprint density at radius 2 is 2.24 bits per heavy atom. The molecule has 0 atom stereocenters. The SMILES string of the molecule is CC(=O)c1cnc(N(C)CCN2CCCC2)s1. The molecular formula is C12H19N3OS. The molecule has 0 spiro atoms. The highest BCUT2D eigenvalue weighted by molar-refractivity contribution is 7.17. The van der Waals surface area contributed by atoms with Gasteiger partial charge in [0.25, 0.3) is 0 Å². The van der Waals surface area contributed by atoms with Gasteiger partial charge in [0.2, 0.25) is 0 Å². The van der Waals surface area contributed by atoms with Gasteiger partial charge in [0, 0.05) is 27.1 Å². The zero-order chi connectivity index (χ0) is 12.3. The topological polar surface area (TPSA) is 36.4 Å². The number of hydrogen-bond acceptors (Lipinski definition) is 5. The van der Waals surface area contributed by atoms with Crippen molar-refractivity contribution in [2.45, 2.75) is 19.8 Å². The maximum absolute atomic E-state index is 11.2. The standard InChI is InChI=1S/C12H19N3OS/c1-10(16)11-9-13-12(17-11)14(2)7-8-15-5-3-4-6-15/h9H,3-8H2,1-2H3. The molecule has 1 aromatic heterocycles. The van der Waals surface area contributed by atoms with Crippen LogP contribution in [-0.4, -0.2) is 48.9 Å². The first-order chi connectivity index (χ1) is 8.16. The second kappa shape index (κ2) is 5.60. The van der Waals surface area contributed by atoms with E-state index in [1.807, 2.05) is 7.05 Å². The Hall–Kier alpha value is -0.940. The molecule has 1 saturated heterocycles. The van der Waals surface area contributed by atoms with E-state index in [0.717, 1.165) is 23.1 Å². The monoisotopic (exact) mass is 253 g/mol. The van der Waals surface area contributed by atoms with Crippen molar-refractivity contribution < 1.29 is 4.79 Å². The number of nitrogens with zero attached hydrogens (tertiary/aromatic N) is 3. The van der Waals surface area contributed by atoms with Gasteiger partial charge in [-0.2, -0.15) is 0 Å². The third kappa shape index (κ3) is 3.26. The summed E-state index contributed by atoms with van der Waals surface area (Å²) in [6.45, 7) is 6.10. The lowest BCUT2D eigenvalue weighted by Gasteiger charge is -2.20. The zero-order valence-electron chi connectivity index (χ0n) is 10.5. The lowest BCUT2D eigenvalue weighted by Crippen LogP contribution is -2.31. The molecule has 0 aromatic carbocycles. The lowest BCUT2D eigenvalue weighted by molar-refractivity contribution is 0.102. The maximum Gasteiger partial charge on any atom is 0.185 e.